The molecule has 0 radical (unpaired) electrons. The maximum atomic E-state index is 2.65. The van der Waals surface area contributed by atoms with Crippen LogP contribution < -0.4 is 0 Å². The van der Waals surface area contributed by atoms with Crippen molar-refractivity contribution in [2.24, 2.45) is 11.3 Å². The fourth-order valence-electron chi connectivity index (χ4n) is 3.77. The Labute approximate surface area is 88.9 Å². The summed E-state index contributed by atoms with van der Waals surface area (Å²) in [5, 5.41) is 0. The Kier molecular flexibility index (Phi) is 2.63. The molecule has 0 spiro atoms. The standard InChI is InChI=1S/C13H25N/c1-5-13(10(2)3)8-11-6-7-12(9-13)14(11)4/h10-12H,5-9H2,1-4H3. The van der Waals surface area contributed by atoms with Gasteiger partial charge in [0.2, 0.25) is 0 Å². The molecule has 0 amide bonds. The summed E-state index contributed by atoms with van der Waals surface area (Å²) in [6, 6.07) is 1.80. The molecule has 0 aromatic heterocycles. The maximum absolute atomic E-state index is 2.65. The summed E-state index contributed by atoms with van der Waals surface area (Å²) >= 11 is 0. The lowest BCUT2D eigenvalue weighted by molar-refractivity contribution is 0.0218. The molecule has 2 rings (SSSR count). The number of piperidine rings is 1. The molecule has 2 aliphatic heterocycles. The van der Waals surface area contributed by atoms with Crippen LogP contribution in [-0.2, 0) is 0 Å². The van der Waals surface area contributed by atoms with Gasteiger partial charge in [0.05, 0.1) is 0 Å². The van der Waals surface area contributed by atoms with Gasteiger partial charge in [-0.25, -0.2) is 0 Å². The van der Waals surface area contributed by atoms with E-state index in [1.165, 1.54) is 32.1 Å². The smallest absolute Gasteiger partial charge is 0.0101 e. The van der Waals surface area contributed by atoms with Crippen molar-refractivity contribution in [3.05, 3.63) is 0 Å². The highest BCUT2D eigenvalue weighted by Crippen LogP contribution is 2.50. The van der Waals surface area contributed by atoms with Crippen molar-refractivity contribution in [1.29, 1.82) is 0 Å². The summed E-state index contributed by atoms with van der Waals surface area (Å²) in [6.45, 7) is 7.24. The SMILES string of the molecule is CCC1(C(C)C)CC2CCC(C1)N2C. The van der Waals surface area contributed by atoms with Gasteiger partial charge < -0.3 is 4.90 Å². The predicted molar refractivity (Wildman–Crippen MR) is 61.4 cm³/mol. The second-order valence-electron chi connectivity index (χ2n) is 5.83. The fraction of sp³-hybridized carbons (Fsp3) is 1.00. The van der Waals surface area contributed by atoms with Gasteiger partial charge in [-0.1, -0.05) is 27.2 Å². The van der Waals surface area contributed by atoms with Crippen LogP contribution in [0.5, 0.6) is 0 Å². The van der Waals surface area contributed by atoms with Crippen molar-refractivity contribution < 1.29 is 0 Å². The van der Waals surface area contributed by atoms with Crippen LogP contribution in [0.2, 0.25) is 0 Å². The van der Waals surface area contributed by atoms with E-state index in [4.69, 9.17) is 0 Å². The molecule has 0 aliphatic carbocycles. The molecule has 1 nitrogen and oxygen atoms in total. The summed E-state index contributed by atoms with van der Waals surface area (Å²) < 4.78 is 0. The van der Waals surface area contributed by atoms with Crippen molar-refractivity contribution in [3.8, 4) is 0 Å². The molecule has 2 bridgehead atoms. The Hall–Kier alpha value is -0.0400. The minimum atomic E-state index is 0.665. The Morgan fingerprint density at radius 3 is 2.07 bits per heavy atom. The first-order valence-corrected chi connectivity index (χ1v) is 6.31. The van der Waals surface area contributed by atoms with Crippen molar-refractivity contribution in [3.63, 3.8) is 0 Å². The van der Waals surface area contributed by atoms with Crippen molar-refractivity contribution in [2.45, 2.75) is 65.0 Å². The largest absolute Gasteiger partial charge is 0.300 e. The zero-order chi connectivity index (χ0) is 10.3. The minimum absolute atomic E-state index is 0.665. The molecular weight excluding hydrogens is 170 g/mol. The maximum Gasteiger partial charge on any atom is 0.0101 e. The Morgan fingerprint density at radius 2 is 1.71 bits per heavy atom. The molecule has 0 N–H and O–H groups in total. The van der Waals surface area contributed by atoms with Gasteiger partial charge in [0.1, 0.15) is 0 Å². The molecule has 0 saturated carbocycles. The normalized spacial score (nSPS) is 43.5. The fourth-order valence-corrected chi connectivity index (χ4v) is 3.77. The molecule has 2 heterocycles. The van der Waals surface area contributed by atoms with Gasteiger partial charge >= 0.3 is 0 Å². The van der Waals surface area contributed by atoms with E-state index in [9.17, 15) is 0 Å². The Bertz CT molecular complexity index is 195. The third-order valence-corrected chi connectivity index (χ3v) is 5.20. The molecule has 2 atom stereocenters. The third kappa shape index (κ3) is 1.41. The molecule has 2 aliphatic rings. The van der Waals surface area contributed by atoms with Crippen molar-refractivity contribution in [2.75, 3.05) is 7.05 Å². The van der Waals surface area contributed by atoms with Gasteiger partial charge in [0.15, 0.2) is 0 Å². The van der Waals surface area contributed by atoms with E-state index in [0.717, 1.165) is 18.0 Å². The molecule has 14 heavy (non-hydrogen) atoms. The van der Waals surface area contributed by atoms with E-state index >= 15 is 0 Å². The van der Waals surface area contributed by atoms with Gasteiger partial charge in [-0.3, -0.25) is 0 Å². The van der Waals surface area contributed by atoms with Crippen molar-refractivity contribution >= 4 is 0 Å². The monoisotopic (exact) mass is 195 g/mol. The number of hydrogen-bond donors (Lipinski definition) is 0. The van der Waals surface area contributed by atoms with Gasteiger partial charge in [0, 0.05) is 12.1 Å². The van der Waals surface area contributed by atoms with Crippen LogP contribution in [0.1, 0.15) is 52.9 Å². The van der Waals surface area contributed by atoms with Crippen LogP contribution in [0.4, 0.5) is 0 Å². The average Bonchev–Trinajstić information content (AvgIpc) is 2.42. The summed E-state index contributed by atoms with van der Waals surface area (Å²) in [5.41, 5.74) is 0.665. The Morgan fingerprint density at radius 1 is 1.21 bits per heavy atom. The lowest BCUT2D eigenvalue weighted by atomic mass is 9.66. The quantitative estimate of drug-likeness (QED) is 0.653. The summed E-state index contributed by atoms with van der Waals surface area (Å²) in [7, 11) is 2.34. The second-order valence-corrected chi connectivity index (χ2v) is 5.83. The first kappa shape index (κ1) is 10.5. The molecule has 2 fully saturated rings. The highest BCUT2D eigenvalue weighted by molar-refractivity contribution is 5.00. The molecule has 2 unspecified atom stereocenters. The molecule has 0 aromatic carbocycles. The van der Waals surface area contributed by atoms with Crippen LogP contribution in [-0.4, -0.2) is 24.0 Å². The van der Waals surface area contributed by atoms with Gasteiger partial charge in [-0.2, -0.15) is 0 Å². The topological polar surface area (TPSA) is 3.24 Å². The van der Waals surface area contributed by atoms with Crippen LogP contribution in [0, 0.1) is 11.3 Å². The molecule has 1 heteroatoms. The van der Waals surface area contributed by atoms with E-state index in [-0.39, 0.29) is 0 Å². The summed E-state index contributed by atoms with van der Waals surface area (Å²) in [6.07, 6.45) is 7.19. The molecule has 82 valence electrons. The van der Waals surface area contributed by atoms with Gasteiger partial charge in [-0.15, -0.1) is 0 Å². The zero-order valence-corrected chi connectivity index (χ0v) is 10.2. The Balaban J connectivity index is 2.17. The highest BCUT2D eigenvalue weighted by atomic mass is 15.2. The van der Waals surface area contributed by atoms with Crippen LogP contribution in [0.25, 0.3) is 0 Å². The lowest BCUT2D eigenvalue weighted by Gasteiger charge is -2.47. The first-order chi connectivity index (χ1) is 6.59. The number of hydrogen-bond acceptors (Lipinski definition) is 1. The number of nitrogens with zero attached hydrogens (tertiary/aromatic N) is 1. The average molecular weight is 195 g/mol. The van der Waals surface area contributed by atoms with E-state index < -0.39 is 0 Å². The van der Waals surface area contributed by atoms with Crippen LogP contribution in [0.3, 0.4) is 0 Å². The van der Waals surface area contributed by atoms with Crippen LogP contribution >= 0.6 is 0 Å². The first-order valence-electron chi connectivity index (χ1n) is 6.31. The van der Waals surface area contributed by atoms with E-state index in [1.54, 1.807) is 0 Å². The van der Waals surface area contributed by atoms with Crippen molar-refractivity contribution in [1.82, 2.24) is 4.90 Å². The molecule has 2 saturated heterocycles. The highest BCUT2D eigenvalue weighted by Gasteiger charge is 2.46. The van der Waals surface area contributed by atoms with Crippen LogP contribution in [0.15, 0.2) is 0 Å². The zero-order valence-electron chi connectivity index (χ0n) is 10.2. The summed E-state index contributed by atoms with van der Waals surface area (Å²) in [4.78, 5) is 2.65. The molecular formula is C13H25N. The predicted octanol–water partition coefficient (Wildman–Crippen LogP) is 3.30. The summed E-state index contributed by atoms with van der Waals surface area (Å²) in [5.74, 6) is 0.865. The third-order valence-electron chi connectivity index (χ3n) is 5.20. The van der Waals surface area contributed by atoms with E-state index in [1.807, 2.05) is 0 Å². The van der Waals surface area contributed by atoms with Gasteiger partial charge in [-0.05, 0) is 44.1 Å². The van der Waals surface area contributed by atoms with E-state index in [0.29, 0.717) is 5.41 Å². The van der Waals surface area contributed by atoms with Gasteiger partial charge in [0.25, 0.3) is 0 Å². The minimum Gasteiger partial charge on any atom is -0.300 e. The lowest BCUT2D eigenvalue weighted by Crippen LogP contribution is -2.47. The van der Waals surface area contributed by atoms with E-state index in [2.05, 4.69) is 32.7 Å². The molecule has 0 aromatic rings. The second kappa shape index (κ2) is 3.52. The number of fused-ring (bicyclic) bond motifs is 2. The number of rotatable bonds is 2.